The van der Waals surface area contributed by atoms with Crippen LogP contribution in [0.2, 0.25) is 0 Å². The Morgan fingerprint density at radius 2 is 1.89 bits per heavy atom. The van der Waals surface area contributed by atoms with Crippen LogP contribution in [0.1, 0.15) is 55.6 Å². The van der Waals surface area contributed by atoms with E-state index in [-0.39, 0.29) is 17.6 Å². The molecule has 3 rings (SSSR count). The predicted octanol–water partition coefficient (Wildman–Crippen LogP) is 2.71. The molecular weight excluding hydrogens is 358 g/mol. The van der Waals surface area contributed by atoms with Crippen molar-refractivity contribution in [3.05, 3.63) is 52.2 Å². The summed E-state index contributed by atoms with van der Waals surface area (Å²) in [6.45, 7) is 5.53. The molecule has 1 aromatic heterocycles. The number of imidazole rings is 1. The molecule has 7 heteroatoms. The maximum absolute atomic E-state index is 12.4. The number of H-pyrrole nitrogens is 1. The molecule has 28 heavy (non-hydrogen) atoms. The van der Waals surface area contributed by atoms with E-state index in [1.54, 1.807) is 37.4 Å². The van der Waals surface area contributed by atoms with Crippen LogP contribution in [0.4, 0.5) is 0 Å². The number of benzene rings is 1. The smallest absolute Gasteiger partial charge is 0.338 e. The minimum absolute atomic E-state index is 0.143. The SMILES string of the molecule is Cc1c[nH]c(=O)n1-c1ccc(C(=O)OC(C)C(=O)NC2CCCCC2C)cc1. The number of carbonyl (C=O) groups is 2. The van der Waals surface area contributed by atoms with Gasteiger partial charge in [-0.15, -0.1) is 0 Å². The van der Waals surface area contributed by atoms with Crippen LogP contribution in [0.15, 0.2) is 35.3 Å². The van der Waals surface area contributed by atoms with Crippen molar-refractivity contribution in [2.45, 2.75) is 58.6 Å². The highest BCUT2D eigenvalue weighted by Gasteiger charge is 2.26. The summed E-state index contributed by atoms with van der Waals surface area (Å²) in [4.78, 5) is 39.2. The highest BCUT2D eigenvalue weighted by Crippen LogP contribution is 2.23. The topological polar surface area (TPSA) is 93.2 Å². The lowest BCUT2D eigenvalue weighted by Gasteiger charge is -2.30. The molecule has 1 amide bonds. The molecule has 0 radical (unpaired) electrons. The number of rotatable bonds is 5. The highest BCUT2D eigenvalue weighted by atomic mass is 16.5. The predicted molar refractivity (Wildman–Crippen MR) is 106 cm³/mol. The second-order valence-electron chi connectivity index (χ2n) is 7.54. The number of nitrogens with zero attached hydrogens (tertiary/aromatic N) is 1. The Kier molecular flexibility index (Phi) is 6.02. The van der Waals surface area contributed by atoms with E-state index in [2.05, 4.69) is 17.2 Å². The molecule has 0 saturated heterocycles. The minimum Gasteiger partial charge on any atom is -0.449 e. The summed E-state index contributed by atoms with van der Waals surface area (Å²) in [6.07, 6.45) is 5.14. The maximum Gasteiger partial charge on any atom is 0.338 e. The number of carbonyl (C=O) groups excluding carboxylic acids is 2. The lowest BCUT2D eigenvalue weighted by Crippen LogP contribution is -2.45. The lowest BCUT2D eigenvalue weighted by atomic mass is 9.86. The molecule has 2 N–H and O–H groups in total. The van der Waals surface area contributed by atoms with Crippen molar-refractivity contribution in [3.63, 3.8) is 0 Å². The molecule has 1 aliphatic carbocycles. The molecule has 1 heterocycles. The van der Waals surface area contributed by atoms with Crippen LogP contribution in [-0.4, -0.2) is 33.6 Å². The summed E-state index contributed by atoms with van der Waals surface area (Å²) in [6, 6.07) is 6.67. The standard InChI is InChI=1S/C21H27N3O4/c1-13-6-4-5-7-18(13)23-19(25)15(3)28-20(26)16-8-10-17(11-9-16)24-14(2)12-22-21(24)27/h8-13,15,18H,4-7H2,1-3H3,(H,22,27)(H,23,25). The summed E-state index contributed by atoms with van der Waals surface area (Å²) in [7, 11) is 0. The number of aryl methyl sites for hydroxylation is 1. The van der Waals surface area contributed by atoms with Crippen molar-refractivity contribution in [1.82, 2.24) is 14.9 Å². The molecule has 7 nitrogen and oxygen atoms in total. The highest BCUT2D eigenvalue weighted by molar-refractivity contribution is 5.92. The van der Waals surface area contributed by atoms with Crippen molar-refractivity contribution >= 4 is 11.9 Å². The van der Waals surface area contributed by atoms with Crippen molar-refractivity contribution in [2.75, 3.05) is 0 Å². The van der Waals surface area contributed by atoms with E-state index in [1.807, 2.05) is 6.92 Å². The number of aromatic nitrogens is 2. The number of hydrogen-bond acceptors (Lipinski definition) is 4. The number of aromatic amines is 1. The monoisotopic (exact) mass is 385 g/mol. The molecule has 0 aliphatic heterocycles. The van der Waals surface area contributed by atoms with Gasteiger partial charge in [-0.25, -0.2) is 9.59 Å². The fourth-order valence-electron chi connectivity index (χ4n) is 3.64. The molecule has 1 fully saturated rings. The van der Waals surface area contributed by atoms with E-state index >= 15 is 0 Å². The fraction of sp³-hybridized carbons (Fsp3) is 0.476. The zero-order chi connectivity index (χ0) is 20.3. The molecule has 2 aromatic rings. The van der Waals surface area contributed by atoms with Crippen LogP contribution in [-0.2, 0) is 9.53 Å². The third kappa shape index (κ3) is 4.35. The Hall–Kier alpha value is -2.83. The number of ether oxygens (including phenoxy) is 1. The first kappa shape index (κ1) is 19.9. The van der Waals surface area contributed by atoms with E-state index in [1.165, 1.54) is 11.0 Å². The zero-order valence-electron chi connectivity index (χ0n) is 16.5. The zero-order valence-corrected chi connectivity index (χ0v) is 16.5. The van der Waals surface area contributed by atoms with E-state index in [9.17, 15) is 14.4 Å². The summed E-state index contributed by atoms with van der Waals surface area (Å²) >= 11 is 0. The second-order valence-corrected chi connectivity index (χ2v) is 7.54. The van der Waals surface area contributed by atoms with Crippen molar-refractivity contribution in [3.8, 4) is 5.69 Å². The van der Waals surface area contributed by atoms with Gasteiger partial charge in [-0.3, -0.25) is 9.36 Å². The van der Waals surface area contributed by atoms with Gasteiger partial charge in [0.25, 0.3) is 5.91 Å². The Balaban J connectivity index is 1.61. The Morgan fingerprint density at radius 3 is 2.50 bits per heavy atom. The molecule has 150 valence electrons. The maximum atomic E-state index is 12.4. The van der Waals surface area contributed by atoms with Gasteiger partial charge in [0.1, 0.15) is 0 Å². The van der Waals surface area contributed by atoms with Crippen LogP contribution in [0.5, 0.6) is 0 Å². The van der Waals surface area contributed by atoms with Crippen LogP contribution in [0, 0.1) is 12.8 Å². The molecule has 3 unspecified atom stereocenters. The van der Waals surface area contributed by atoms with Gasteiger partial charge in [-0.2, -0.15) is 0 Å². The molecule has 1 aliphatic rings. The van der Waals surface area contributed by atoms with Gasteiger partial charge in [-0.05, 0) is 56.9 Å². The molecular formula is C21H27N3O4. The first-order chi connectivity index (χ1) is 13.4. The van der Waals surface area contributed by atoms with Crippen molar-refractivity contribution in [2.24, 2.45) is 5.92 Å². The van der Waals surface area contributed by atoms with Crippen LogP contribution < -0.4 is 11.0 Å². The number of esters is 1. The molecule has 1 aromatic carbocycles. The third-order valence-corrected chi connectivity index (χ3v) is 5.41. The largest absolute Gasteiger partial charge is 0.449 e. The minimum atomic E-state index is -0.865. The Labute approximate surface area is 164 Å². The average molecular weight is 385 g/mol. The number of nitrogens with one attached hydrogen (secondary N) is 2. The van der Waals surface area contributed by atoms with Crippen LogP contribution >= 0.6 is 0 Å². The van der Waals surface area contributed by atoms with Gasteiger partial charge in [0.05, 0.1) is 11.3 Å². The third-order valence-electron chi connectivity index (χ3n) is 5.41. The van der Waals surface area contributed by atoms with Gasteiger partial charge >= 0.3 is 11.7 Å². The van der Waals surface area contributed by atoms with E-state index in [0.717, 1.165) is 25.0 Å². The molecule has 0 spiro atoms. The summed E-state index contributed by atoms with van der Waals surface area (Å²) in [5, 5.41) is 3.01. The molecule has 1 saturated carbocycles. The number of amides is 1. The first-order valence-electron chi connectivity index (χ1n) is 9.75. The van der Waals surface area contributed by atoms with Crippen molar-refractivity contribution in [1.29, 1.82) is 0 Å². The van der Waals surface area contributed by atoms with Gasteiger partial charge in [0, 0.05) is 17.9 Å². The van der Waals surface area contributed by atoms with Gasteiger partial charge in [-0.1, -0.05) is 19.8 Å². The number of hydrogen-bond donors (Lipinski definition) is 2. The fourth-order valence-corrected chi connectivity index (χ4v) is 3.64. The summed E-state index contributed by atoms with van der Waals surface area (Å²) in [5.41, 5.74) is 1.51. The first-order valence-corrected chi connectivity index (χ1v) is 9.75. The van der Waals surface area contributed by atoms with Gasteiger partial charge in [0.2, 0.25) is 0 Å². The normalized spacial score (nSPS) is 20.4. The quantitative estimate of drug-likeness (QED) is 0.774. The summed E-state index contributed by atoms with van der Waals surface area (Å²) < 4.78 is 6.84. The van der Waals surface area contributed by atoms with Crippen molar-refractivity contribution < 1.29 is 14.3 Å². The van der Waals surface area contributed by atoms with Gasteiger partial charge < -0.3 is 15.0 Å². The van der Waals surface area contributed by atoms with E-state index in [4.69, 9.17) is 4.74 Å². The Bertz CT molecular complexity index is 897. The van der Waals surface area contributed by atoms with E-state index < -0.39 is 12.1 Å². The van der Waals surface area contributed by atoms with Crippen LogP contribution in [0.25, 0.3) is 5.69 Å². The average Bonchev–Trinajstić information content (AvgIpc) is 3.02. The molecule has 3 atom stereocenters. The molecule has 0 bridgehead atoms. The summed E-state index contributed by atoms with van der Waals surface area (Å²) in [5.74, 6) is -0.393. The second kappa shape index (κ2) is 8.46. The van der Waals surface area contributed by atoms with E-state index in [0.29, 0.717) is 17.2 Å². The lowest BCUT2D eigenvalue weighted by molar-refractivity contribution is -0.130. The van der Waals surface area contributed by atoms with Crippen LogP contribution in [0.3, 0.4) is 0 Å². The van der Waals surface area contributed by atoms with Gasteiger partial charge in [0.15, 0.2) is 6.10 Å². The Morgan fingerprint density at radius 1 is 1.21 bits per heavy atom.